The van der Waals surface area contributed by atoms with Crippen LogP contribution < -0.4 is 0 Å². The van der Waals surface area contributed by atoms with Crippen LogP contribution in [0.3, 0.4) is 0 Å². The third kappa shape index (κ3) is 2.94. The summed E-state index contributed by atoms with van der Waals surface area (Å²) in [6, 6.07) is 3.96. The molecule has 0 radical (unpaired) electrons. The van der Waals surface area contributed by atoms with Gasteiger partial charge in [-0.3, -0.25) is 9.48 Å². The number of amides is 1. The fourth-order valence-corrected chi connectivity index (χ4v) is 2.86. The van der Waals surface area contributed by atoms with Crippen LogP contribution >= 0.6 is 0 Å². The molecule has 1 aliphatic heterocycles. The van der Waals surface area contributed by atoms with Crippen LogP contribution in [0.1, 0.15) is 19.0 Å². The summed E-state index contributed by atoms with van der Waals surface area (Å²) in [6.07, 6.45) is 5.30. The molecule has 0 spiro atoms. The molecule has 6 nitrogen and oxygen atoms in total. The van der Waals surface area contributed by atoms with Gasteiger partial charge in [0, 0.05) is 39.0 Å². The van der Waals surface area contributed by atoms with Crippen LogP contribution in [0, 0.1) is 5.92 Å². The first kappa shape index (κ1) is 13.7. The molecular formula is C15H19N5O. The van der Waals surface area contributed by atoms with Crippen molar-refractivity contribution in [3.63, 3.8) is 0 Å². The van der Waals surface area contributed by atoms with Crippen molar-refractivity contribution in [2.75, 3.05) is 13.1 Å². The molecule has 0 bridgehead atoms. The van der Waals surface area contributed by atoms with Crippen LogP contribution in [0.2, 0.25) is 0 Å². The van der Waals surface area contributed by atoms with E-state index in [1.54, 1.807) is 24.1 Å². The van der Waals surface area contributed by atoms with Crippen molar-refractivity contribution in [1.29, 1.82) is 0 Å². The number of likely N-dealkylation sites (tertiary alicyclic amines) is 1. The van der Waals surface area contributed by atoms with E-state index < -0.39 is 0 Å². The zero-order chi connectivity index (χ0) is 14.8. The van der Waals surface area contributed by atoms with Gasteiger partial charge in [-0.15, -0.1) is 0 Å². The van der Waals surface area contributed by atoms with Gasteiger partial charge in [-0.25, -0.2) is 9.97 Å². The largest absolute Gasteiger partial charge is 0.343 e. The maximum Gasteiger partial charge on any atom is 0.219 e. The minimum absolute atomic E-state index is 0.163. The topological polar surface area (TPSA) is 63.9 Å². The van der Waals surface area contributed by atoms with Crippen LogP contribution in [0.15, 0.2) is 24.7 Å². The molecule has 0 unspecified atom stereocenters. The highest BCUT2D eigenvalue weighted by atomic mass is 16.2. The molecular weight excluding hydrogens is 266 g/mol. The molecule has 0 aliphatic carbocycles. The van der Waals surface area contributed by atoms with Crippen molar-refractivity contribution in [3.05, 3.63) is 30.4 Å². The minimum atomic E-state index is 0.163. The lowest BCUT2D eigenvalue weighted by molar-refractivity contribution is -0.127. The third-order valence-electron chi connectivity index (χ3n) is 4.04. The molecule has 21 heavy (non-hydrogen) atoms. The fourth-order valence-electron chi connectivity index (χ4n) is 2.86. The summed E-state index contributed by atoms with van der Waals surface area (Å²) in [5.41, 5.74) is 2.90. The van der Waals surface area contributed by atoms with Gasteiger partial charge in [0.2, 0.25) is 5.91 Å². The normalized spacial score (nSPS) is 18.2. The Bertz CT molecular complexity index is 651. The second-order valence-electron chi connectivity index (χ2n) is 5.56. The zero-order valence-electron chi connectivity index (χ0n) is 12.4. The standard InChI is InChI=1S/C15H19N5O/c1-11(21)20-6-4-12(9-20)7-13-8-14(17-10-16-13)15-3-5-18-19(15)2/h3,5,8,10,12H,4,6-7,9H2,1-2H3/t12-/m1/s1. The summed E-state index contributed by atoms with van der Waals surface area (Å²) in [5.74, 6) is 0.652. The lowest BCUT2D eigenvalue weighted by atomic mass is 10.0. The van der Waals surface area contributed by atoms with E-state index in [9.17, 15) is 4.79 Å². The maximum absolute atomic E-state index is 11.4. The molecule has 110 valence electrons. The van der Waals surface area contributed by atoms with Crippen LogP contribution in [0.5, 0.6) is 0 Å². The predicted octanol–water partition coefficient (Wildman–Crippen LogP) is 1.29. The number of carbonyl (C=O) groups is 1. The van der Waals surface area contributed by atoms with E-state index in [0.717, 1.165) is 43.0 Å². The Hall–Kier alpha value is -2.24. The van der Waals surface area contributed by atoms with Gasteiger partial charge >= 0.3 is 0 Å². The number of aryl methyl sites for hydroxylation is 1. The summed E-state index contributed by atoms with van der Waals surface area (Å²) in [7, 11) is 1.90. The Kier molecular flexibility index (Phi) is 3.68. The smallest absolute Gasteiger partial charge is 0.219 e. The number of carbonyl (C=O) groups excluding carboxylic acids is 1. The summed E-state index contributed by atoms with van der Waals surface area (Å²) in [4.78, 5) is 22.0. The maximum atomic E-state index is 11.4. The molecule has 1 atom stereocenters. The Labute approximate surface area is 123 Å². The Morgan fingerprint density at radius 2 is 2.29 bits per heavy atom. The predicted molar refractivity (Wildman–Crippen MR) is 78.3 cm³/mol. The van der Waals surface area contributed by atoms with Gasteiger partial charge in [0.25, 0.3) is 0 Å². The number of hydrogen-bond acceptors (Lipinski definition) is 4. The van der Waals surface area contributed by atoms with E-state index in [2.05, 4.69) is 15.1 Å². The first-order valence-corrected chi connectivity index (χ1v) is 7.18. The molecule has 1 saturated heterocycles. The van der Waals surface area contributed by atoms with Crippen molar-refractivity contribution in [2.24, 2.45) is 13.0 Å². The molecule has 2 aromatic heterocycles. The number of rotatable bonds is 3. The zero-order valence-corrected chi connectivity index (χ0v) is 12.4. The van der Waals surface area contributed by atoms with E-state index in [0.29, 0.717) is 5.92 Å². The molecule has 0 saturated carbocycles. The first-order valence-electron chi connectivity index (χ1n) is 7.18. The van der Waals surface area contributed by atoms with Gasteiger partial charge in [0.05, 0.1) is 11.4 Å². The lowest BCUT2D eigenvalue weighted by Crippen LogP contribution is -2.26. The van der Waals surface area contributed by atoms with E-state index in [1.165, 1.54) is 0 Å². The fraction of sp³-hybridized carbons (Fsp3) is 0.467. The Morgan fingerprint density at radius 3 is 2.95 bits per heavy atom. The van der Waals surface area contributed by atoms with Crippen LogP contribution in [-0.2, 0) is 18.3 Å². The summed E-state index contributed by atoms with van der Waals surface area (Å²) >= 11 is 0. The van der Waals surface area contributed by atoms with E-state index in [-0.39, 0.29) is 5.91 Å². The molecule has 1 fully saturated rings. The Morgan fingerprint density at radius 1 is 1.43 bits per heavy atom. The van der Waals surface area contributed by atoms with Gasteiger partial charge in [-0.05, 0) is 30.9 Å². The third-order valence-corrected chi connectivity index (χ3v) is 4.04. The van der Waals surface area contributed by atoms with Gasteiger partial charge in [-0.1, -0.05) is 0 Å². The van der Waals surface area contributed by atoms with E-state index >= 15 is 0 Å². The molecule has 1 amide bonds. The Balaban J connectivity index is 1.73. The monoisotopic (exact) mass is 285 g/mol. The van der Waals surface area contributed by atoms with Gasteiger partial charge in [0.15, 0.2) is 0 Å². The number of nitrogens with zero attached hydrogens (tertiary/aromatic N) is 5. The summed E-state index contributed by atoms with van der Waals surface area (Å²) in [5, 5.41) is 4.17. The lowest BCUT2D eigenvalue weighted by Gasteiger charge is -2.13. The molecule has 6 heteroatoms. The first-order chi connectivity index (χ1) is 10.1. The van der Waals surface area contributed by atoms with Gasteiger partial charge in [-0.2, -0.15) is 5.10 Å². The second-order valence-corrected chi connectivity index (χ2v) is 5.56. The average molecular weight is 285 g/mol. The van der Waals surface area contributed by atoms with Crippen molar-refractivity contribution in [1.82, 2.24) is 24.6 Å². The van der Waals surface area contributed by atoms with E-state index in [1.807, 2.05) is 24.1 Å². The highest BCUT2D eigenvalue weighted by Crippen LogP contribution is 2.22. The number of aromatic nitrogens is 4. The average Bonchev–Trinajstić information content (AvgIpc) is 3.08. The van der Waals surface area contributed by atoms with Crippen LogP contribution in [0.4, 0.5) is 0 Å². The van der Waals surface area contributed by atoms with Gasteiger partial charge < -0.3 is 4.90 Å². The second kappa shape index (κ2) is 5.63. The van der Waals surface area contributed by atoms with Crippen LogP contribution in [-0.4, -0.2) is 43.6 Å². The summed E-state index contributed by atoms with van der Waals surface area (Å²) in [6.45, 7) is 3.33. The molecule has 1 aliphatic rings. The van der Waals surface area contributed by atoms with Crippen molar-refractivity contribution in [3.8, 4) is 11.4 Å². The van der Waals surface area contributed by atoms with Gasteiger partial charge in [0.1, 0.15) is 6.33 Å². The highest BCUT2D eigenvalue weighted by Gasteiger charge is 2.24. The molecule has 2 aromatic rings. The summed E-state index contributed by atoms with van der Waals surface area (Å²) < 4.78 is 1.80. The highest BCUT2D eigenvalue weighted by molar-refractivity contribution is 5.73. The quantitative estimate of drug-likeness (QED) is 0.852. The molecule has 3 heterocycles. The molecule has 0 N–H and O–H groups in total. The van der Waals surface area contributed by atoms with Crippen molar-refractivity contribution < 1.29 is 4.79 Å². The minimum Gasteiger partial charge on any atom is -0.343 e. The molecule has 0 aromatic carbocycles. The molecule has 3 rings (SSSR count). The van der Waals surface area contributed by atoms with Crippen LogP contribution in [0.25, 0.3) is 11.4 Å². The SMILES string of the molecule is CC(=O)N1CC[C@H](Cc2cc(-c3ccnn3C)ncn2)C1. The van der Waals surface area contributed by atoms with E-state index in [4.69, 9.17) is 0 Å². The van der Waals surface area contributed by atoms with Crippen molar-refractivity contribution >= 4 is 5.91 Å². The van der Waals surface area contributed by atoms with Crippen molar-refractivity contribution in [2.45, 2.75) is 19.8 Å². The number of hydrogen-bond donors (Lipinski definition) is 0.